The number of methoxy groups -OCH3 is 1. The van der Waals surface area contributed by atoms with Crippen molar-refractivity contribution in [3.05, 3.63) is 33.9 Å². The maximum absolute atomic E-state index is 12.4. The highest BCUT2D eigenvalue weighted by atomic mass is 19.4. The van der Waals surface area contributed by atoms with E-state index in [9.17, 15) is 23.3 Å². The molecule has 118 valence electrons. The quantitative estimate of drug-likeness (QED) is 0.615. The van der Waals surface area contributed by atoms with Gasteiger partial charge in [0.2, 0.25) is 0 Å². The highest BCUT2D eigenvalue weighted by Crippen LogP contribution is 2.28. The summed E-state index contributed by atoms with van der Waals surface area (Å²) in [7, 11) is 1.27. The number of hydrogen-bond donors (Lipinski definition) is 1. The van der Waals surface area contributed by atoms with E-state index in [2.05, 4.69) is 0 Å². The molecular formula is C12H15F3N2O4. The summed E-state index contributed by atoms with van der Waals surface area (Å²) in [6.45, 7) is -1.98. The smallest absolute Gasteiger partial charge is 0.401 e. The molecule has 0 atom stereocenters. The third-order valence-electron chi connectivity index (χ3n) is 2.67. The number of halogens is 3. The Kier molecular flexibility index (Phi) is 5.91. The standard InChI is InChI=1S/C12H15F3N2O4/c1-21-11-3-2-9(6-10(11)17(19)20)7-16(4-5-18)8-12(13,14)15/h2-3,6,18H,4-5,7-8H2,1H3. The van der Waals surface area contributed by atoms with Crippen LogP contribution in [0.5, 0.6) is 5.75 Å². The van der Waals surface area contributed by atoms with E-state index in [1.165, 1.54) is 25.3 Å². The van der Waals surface area contributed by atoms with Gasteiger partial charge in [-0.05, 0) is 11.6 Å². The molecule has 0 fully saturated rings. The summed E-state index contributed by atoms with van der Waals surface area (Å²) in [6.07, 6.45) is -4.41. The number of nitrogens with zero attached hydrogens (tertiary/aromatic N) is 2. The van der Waals surface area contributed by atoms with E-state index in [1.54, 1.807) is 0 Å². The number of aliphatic hydroxyl groups excluding tert-OH is 1. The summed E-state index contributed by atoms with van der Waals surface area (Å²) in [5.41, 5.74) is 0.0196. The highest BCUT2D eigenvalue weighted by Gasteiger charge is 2.30. The van der Waals surface area contributed by atoms with Crippen LogP contribution in [0.3, 0.4) is 0 Å². The van der Waals surface area contributed by atoms with Crippen LogP contribution in [0, 0.1) is 10.1 Å². The van der Waals surface area contributed by atoms with Crippen LogP contribution in [0.25, 0.3) is 0 Å². The minimum absolute atomic E-state index is 0.0354. The Morgan fingerprint density at radius 1 is 1.43 bits per heavy atom. The van der Waals surface area contributed by atoms with Gasteiger partial charge in [0.05, 0.1) is 25.2 Å². The molecule has 0 radical (unpaired) electrons. The van der Waals surface area contributed by atoms with Crippen molar-refractivity contribution >= 4 is 5.69 Å². The van der Waals surface area contributed by atoms with Gasteiger partial charge >= 0.3 is 11.9 Å². The van der Waals surface area contributed by atoms with Crippen molar-refractivity contribution in [3.63, 3.8) is 0 Å². The molecule has 9 heteroatoms. The molecule has 1 aromatic carbocycles. The number of rotatable bonds is 7. The summed E-state index contributed by atoms with van der Waals surface area (Å²) >= 11 is 0. The van der Waals surface area contributed by atoms with Crippen LogP contribution in [-0.4, -0.2) is 47.9 Å². The number of benzene rings is 1. The first-order valence-corrected chi connectivity index (χ1v) is 5.98. The number of nitro benzene ring substituents is 1. The lowest BCUT2D eigenvalue weighted by atomic mass is 10.1. The zero-order valence-corrected chi connectivity index (χ0v) is 11.3. The molecule has 1 rings (SSSR count). The van der Waals surface area contributed by atoms with Crippen molar-refractivity contribution in [2.45, 2.75) is 12.7 Å². The van der Waals surface area contributed by atoms with Gasteiger partial charge in [-0.1, -0.05) is 6.07 Å². The maximum Gasteiger partial charge on any atom is 0.401 e. The first-order valence-electron chi connectivity index (χ1n) is 5.98. The minimum Gasteiger partial charge on any atom is -0.490 e. The molecule has 0 aliphatic rings. The molecule has 0 aromatic heterocycles. The molecule has 0 unspecified atom stereocenters. The SMILES string of the molecule is COc1ccc(CN(CCO)CC(F)(F)F)cc1[N+](=O)[O-]. The van der Waals surface area contributed by atoms with Gasteiger partial charge in [-0.15, -0.1) is 0 Å². The molecule has 0 bridgehead atoms. The predicted octanol–water partition coefficient (Wildman–Crippen LogP) is 1.96. The van der Waals surface area contributed by atoms with E-state index in [0.29, 0.717) is 5.56 Å². The normalized spacial score (nSPS) is 11.7. The second-order valence-electron chi connectivity index (χ2n) is 4.31. The van der Waals surface area contributed by atoms with Gasteiger partial charge in [0.15, 0.2) is 5.75 Å². The van der Waals surface area contributed by atoms with Crippen molar-refractivity contribution in [3.8, 4) is 5.75 Å². The largest absolute Gasteiger partial charge is 0.490 e. The first kappa shape index (κ1) is 17.2. The fourth-order valence-electron chi connectivity index (χ4n) is 1.84. The van der Waals surface area contributed by atoms with Gasteiger partial charge in [-0.25, -0.2) is 0 Å². The molecule has 0 amide bonds. The lowest BCUT2D eigenvalue weighted by Gasteiger charge is -2.22. The molecule has 1 aromatic rings. The summed E-state index contributed by atoms with van der Waals surface area (Å²) in [5.74, 6) is 0.0354. The van der Waals surface area contributed by atoms with Crippen LogP contribution in [0.1, 0.15) is 5.56 Å². The van der Waals surface area contributed by atoms with Crippen LogP contribution < -0.4 is 4.74 Å². The van der Waals surface area contributed by atoms with Gasteiger partial charge < -0.3 is 9.84 Å². The molecular weight excluding hydrogens is 293 g/mol. The third-order valence-corrected chi connectivity index (χ3v) is 2.67. The second kappa shape index (κ2) is 7.23. The van der Waals surface area contributed by atoms with E-state index >= 15 is 0 Å². The summed E-state index contributed by atoms with van der Waals surface area (Å²) in [4.78, 5) is 11.2. The average molecular weight is 308 g/mol. The monoisotopic (exact) mass is 308 g/mol. The topological polar surface area (TPSA) is 75.8 Å². The Balaban J connectivity index is 2.93. The van der Waals surface area contributed by atoms with Crippen LogP contribution in [0.2, 0.25) is 0 Å². The molecule has 6 nitrogen and oxygen atoms in total. The molecule has 1 N–H and O–H groups in total. The average Bonchev–Trinajstić information content (AvgIpc) is 2.37. The minimum atomic E-state index is -4.41. The van der Waals surface area contributed by atoms with Gasteiger partial charge in [0.25, 0.3) is 0 Å². The van der Waals surface area contributed by atoms with Crippen molar-refractivity contribution in [1.29, 1.82) is 0 Å². The zero-order valence-electron chi connectivity index (χ0n) is 11.3. The molecule has 0 aliphatic carbocycles. The second-order valence-corrected chi connectivity index (χ2v) is 4.31. The Morgan fingerprint density at radius 3 is 2.57 bits per heavy atom. The lowest BCUT2D eigenvalue weighted by Crippen LogP contribution is -2.35. The molecule has 0 saturated carbocycles. The van der Waals surface area contributed by atoms with Crippen LogP contribution >= 0.6 is 0 Å². The van der Waals surface area contributed by atoms with E-state index in [1.807, 2.05) is 0 Å². The van der Waals surface area contributed by atoms with Gasteiger partial charge in [-0.3, -0.25) is 15.0 Å². The molecule has 21 heavy (non-hydrogen) atoms. The Hall–Kier alpha value is -1.87. The number of ether oxygens (including phenoxy) is 1. The van der Waals surface area contributed by atoms with Crippen molar-refractivity contribution in [2.75, 3.05) is 26.8 Å². The fourth-order valence-corrected chi connectivity index (χ4v) is 1.84. The summed E-state index contributed by atoms with van der Waals surface area (Å²) in [5, 5.41) is 19.7. The third kappa shape index (κ3) is 5.56. The maximum atomic E-state index is 12.4. The number of aliphatic hydroxyl groups is 1. The fraction of sp³-hybridized carbons (Fsp3) is 0.500. The van der Waals surface area contributed by atoms with E-state index < -0.39 is 24.3 Å². The Labute approximate surface area is 118 Å². The van der Waals surface area contributed by atoms with E-state index in [-0.39, 0.29) is 24.5 Å². The van der Waals surface area contributed by atoms with Crippen LogP contribution in [-0.2, 0) is 6.54 Å². The van der Waals surface area contributed by atoms with Crippen molar-refractivity contribution < 1.29 is 27.9 Å². The highest BCUT2D eigenvalue weighted by molar-refractivity contribution is 5.48. The van der Waals surface area contributed by atoms with Gasteiger partial charge in [-0.2, -0.15) is 13.2 Å². The van der Waals surface area contributed by atoms with Gasteiger partial charge in [0.1, 0.15) is 0 Å². The van der Waals surface area contributed by atoms with E-state index in [4.69, 9.17) is 9.84 Å². The molecule has 0 aliphatic heterocycles. The summed E-state index contributed by atoms with van der Waals surface area (Å²) < 4.78 is 42.0. The number of nitro groups is 1. The van der Waals surface area contributed by atoms with Crippen molar-refractivity contribution in [1.82, 2.24) is 4.90 Å². The Bertz CT molecular complexity index is 494. The summed E-state index contributed by atoms with van der Waals surface area (Å²) in [6, 6.07) is 3.95. The van der Waals surface area contributed by atoms with Crippen molar-refractivity contribution in [2.24, 2.45) is 0 Å². The van der Waals surface area contributed by atoms with Gasteiger partial charge in [0, 0.05) is 19.2 Å². The number of alkyl halides is 3. The lowest BCUT2D eigenvalue weighted by molar-refractivity contribution is -0.385. The first-order chi connectivity index (χ1) is 9.76. The Morgan fingerprint density at radius 2 is 2.10 bits per heavy atom. The predicted molar refractivity (Wildman–Crippen MR) is 68.1 cm³/mol. The molecule has 0 saturated heterocycles. The van der Waals surface area contributed by atoms with Crippen LogP contribution in [0.4, 0.5) is 18.9 Å². The zero-order chi connectivity index (χ0) is 16.0. The number of hydrogen-bond acceptors (Lipinski definition) is 5. The molecule has 0 heterocycles. The molecule has 0 spiro atoms. The van der Waals surface area contributed by atoms with E-state index in [0.717, 1.165) is 4.90 Å². The van der Waals surface area contributed by atoms with Crippen LogP contribution in [0.15, 0.2) is 18.2 Å².